The van der Waals surface area contributed by atoms with Gasteiger partial charge in [-0.15, -0.1) is 0 Å². The van der Waals surface area contributed by atoms with Gasteiger partial charge in [0.05, 0.1) is 27.7 Å². The molecule has 0 fully saturated rings. The summed E-state index contributed by atoms with van der Waals surface area (Å²) < 4.78 is 34.2. The molecule has 0 heterocycles. The van der Waals surface area contributed by atoms with Gasteiger partial charge in [-0.2, -0.15) is 0 Å². The predicted octanol–water partition coefficient (Wildman–Crippen LogP) is 12.5. The number of esters is 2. The van der Waals surface area contributed by atoms with Crippen molar-refractivity contribution in [1.29, 1.82) is 0 Å². The Morgan fingerprint density at radius 2 is 0.964 bits per heavy atom. The number of phosphoric acid groups is 1. The van der Waals surface area contributed by atoms with Gasteiger partial charge in [-0.1, -0.05) is 132 Å². The Labute approximate surface area is 343 Å². The number of likely N-dealkylation sites (N-methyl/N-ethyl adjacent to an activating group) is 1. The Morgan fingerprint density at radius 1 is 0.554 bits per heavy atom. The van der Waals surface area contributed by atoms with Crippen LogP contribution < -0.4 is 0 Å². The lowest BCUT2D eigenvalue weighted by Crippen LogP contribution is -2.37. The van der Waals surface area contributed by atoms with Gasteiger partial charge in [0, 0.05) is 12.8 Å². The maximum atomic E-state index is 12.7. The Balaban J connectivity index is 4.43. The first-order valence-electron chi connectivity index (χ1n) is 22.0. The molecule has 0 rings (SSSR count). The van der Waals surface area contributed by atoms with Crippen LogP contribution in [0.3, 0.4) is 0 Å². The summed E-state index contributed by atoms with van der Waals surface area (Å²) in [6, 6.07) is 0. The van der Waals surface area contributed by atoms with Gasteiger partial charge in [-0.3, -0.25) is 18.6 Å². The number of carbonyl (C=O) groups is 2. The lowest BCUT2D eigenvalue weighted by Gasteiger charge is -2.24. The molecule has 324 valence electrons. The second kappa shape index (κ2) is 38.2. The maximum Gasteiger partial charge on any atom is 0.472 e. The zero-order chi connectivity index (χ0) is 41.4. The molecule has 0 bridgehead atoms. The van der Waals surface area contributed by atoms with E-state index in [-0.39, 0.29) is 26.1 Å². The second-order valence-corrected chi connectivity index (χ2v) is 17.2. The van der Waals surface area contributed by atoms with Crippen LogP contribution in [0.1, 0.15) is 168 Å². The quantitative estimate of drug-likeness (QED) is 0.0215. The summed E-state index contributed by atoms with van der Waals surface area (Å²) in [4.78, 5) is 35.3. The van der Waals surface area contributed by atoms with Gasteiger partial charge in [0.1, 0.15) is 19.8 Å². The Bertz CT molecular complexity index is 1140. The molecule has 0 spiro atoms. The molecule has 0 radical (unpaired) electrons. The normalized spacial score (nSPS) is 14.2. The van der Waals surface area contributed by atoms with Crippen molar-refractivity contribution in [3.05, 3.63) is 60.8 Å². The van der Waals surface area contributed by atoms with E-state index >= 15 is 0 Å². The van der Waals surface area contributed by atoms with Crippen molar-refractivity contribution in [2.75, 3.05) is 47.5 Å². The van der Waals surface area contributed by atoms with Crippen molar-refractivity contribution < 1.29 is 42.1 Å². The third kappa shape index (κ3) is 41.3. The molecule has 0 amide bonds. The van der Waals surface area contributed by atoms with Gasteiger partial charge in [0.25, 0.3) is 0 Å². The molecule has 0 saturated carbocycles. The first-order valence-corrected chi connectivity index (χ1v) is 23.5. The summed E-state index contributed by atoms with van der Waals surface area (Å²) in [6.07, 6.45) is 45.5. The van der Waals surface area contributed by atoms with Crippen LogP contribution in [-0.2, 0) is 32.7 Å². The number of unbranched alkanes of at least 4 members (excludes halogenated alkanes) is 15. The molecule has 0 aromatic rings. The summed E-state index contributed by atoms with van der Waals surface area (Å²) in [7, 11) is 1.44. The minimum absolute atomic E-state index is 0.0223. The van der Waals surface area contributed by atoms with Crippen molar-refractivity contribution in [1.82, 2.24) is 0 Å². The van der Waals surface area contributed by atoms with Crippen LogP contribution in [0.4, 0.5) is 0 Å². The molecule has 0 aliphatic rings. The minimum Gasteiger partial charge on any atom is -0.462 e. The predicted molar refractivity (Wildman–Crippen MR) is 233 cm³/mol. The number of ether oxygens (including phenoxy) is 2. The highest BCUT2D eigenvalue weighted by atomic mass is 31.2. The number of allylic oxidation sites excluding steroid dienone is 10. The summed E-state index contributed by atoms with van der Waals surface area (Å²) in [5.74, 6) is -0.849. The topological polar surface area (TPSA) is 108 Å². The lowest BCUT2D eigenvalue weighted by molar-refractivity contribution is -0.870. The Morgan fingerprint density at radius 3 is 1.50 bits per heavy atom. The van der Waals surface area contributed by atoms with Crippen LogP contribution in [0.25, 0.3) is 0 Å². The fourth-order valence-electron chi connectivity index (χ4n) is 5.52. The summed E-state index contributed by atoms with van der Waals surface area (Å²) in [6.45, 7) is 4.31. The summed E-state index contributed by atoms with van der Waals surface area (Å²) >= 11 is 0. The van der Waals surface area contributed by atoms with Gasteiger partial charge < -0.3 is 18.9 Å². The Kier molecular flexibility index (Phi) is 36.7. The number of hydrogen-bond acceptors (Lipinski definition) is 7. The number of rotatable bonds is 39. The summed E-state index contributed by atoms with van der Waals surface area (Å²) in [5, 5.41) is 0. The van der Waals surface area contributed by atoms with Crippen molar-refractivity contribution in [3.63, 3.8) is 0 Å². The molecular formula is C46H83NO8P+. The lowest BCUT2D eigenvalue weighted by atomic mass is 10.1. The molecule has 0 saturated heterocycles. The van der Waals surface area contributed by atoms with Crippen molar-refractivity contribution in [2.45, 2.75) is 174 Å². The zero-order valence-electron chi connectivity index (χ0n) is 36.3. The third-order valence-corrected chi connectivity index (χ3v) is 10.0. The van der Waals surface area contributed by atoms with Gasteiger partial charge in [-0.25, -0.2) is 4.57 Å². The van der Waals surface area contributed by atoms with E-state index in [9.17, 15) is 19.0 Å². The van der Waals surface area contributed by atoms with E-state index < -0.39 is 32.5 Å². The molecule has 56 heavy (non-hydrogen) atoms. The molecule has 0 aliphatic carbocycles. The first kappa shape index (κ1) is 53.7. The molecule has 1 unspecified atom stereocenters. The van der Waals surface area contributed by atoms with E-state index in [0.717, 1.165) is 70.6 Å². The molecule has 10 heteroatoms. The van der Waals surface area contributed by atoms with E-state index in [1.54, 1.807) is 0 Å². The van der Waals surface area contributed by atoms with Crippen LogP contribution in [0.15, 0.2) is 60.8 Å². The highest BCUT2D eigenvalue weighted by Gasteiger charge is 2.27. The molecule has 2 atom stereocenters. The fourth-order valence-corrected chi connectivity index (χ4v) is 6.26. The van der Waals surface area contributed by atoms with Crippen molar-refractivity contribution >= 4 is 19.8 Å². The molecule has 0 aliphatic heterocycles. The SMILES string of the molecule is CCCCC/C=C\C/C=C\C/C=C\C/C=C\CCCCCC(=O)OC[C@H](COP(=O)(O)OCC[N+](C)(C)C)OC(=O)CCCCCCC/C=C\CCCCCC. The number of phosphoric ester groups is 1. The first-order chi connectivity index (χ1) is 27.0. The Hall–Kier alpha value is -2.29. The van der Waals surface area contributed by atoms with Gasteiger partial charge >= 0.3 is 19.8 Å². The van der Waals surface area contributed by atoms with E-state index in [4.69, 9.17) is 18.5 Å². The van der Waals surface area contributed by atoms with Crippen molar-refractivity contribution in [2.24, 2.45) is 0 Å². The molecule has 1 N–H and O–H groups in total. The average molecular weight is 809 g/mol. The van der Waals surface area contributed by atoms with E-state index in [2.05, 4.69) is 74.6 Å². The zero-order valence-corrected chi connectivity index (χ0v) is 37.2. The van der Waals surface area contributed by atoms with Gasteiger partial charge in [-0.05, 0) is 83.5 Å². The second-order valence-electron chi connectivity index (χ2n) is 15.7. The molecule has 0 aromatic carbocycles. The number of quaternary nitrogens is 1. The van der Waals surface area contributed by atoms with Gasteiger partial charge in [0.2, 0.25) is 0 Å². The van der Waals surface area contributed by atoms with E-state index in [1.165, 1.54) is 57.8 Å². The van der Waals surface area contributed by atoms with Crippen LogP contribution in [0, 0.1) is 0 Å². The maximum absolute atomic E-state index is 12.7. The molecular weight excluding hydrogens is 725 g/mol. The van der Waals surface area contributed by atoms with E-state index in [0.29, 0.717) is 23.9 Å². The van der Waals surface area contributed by atoms with E-state index in [1.807, 2.05) is 21.1 Å². The smallest absolute Gasteiger partial charge is 0.462 e. The van der Waals surface area contributed by atoms with Gasteiger partial charge in [0.15, 0.2) is 6.10 Å². The number of carbonyl (C=O) groups excluding carboxylic acids is 2. The van der Waals surface area contributed by atoms with Crippen LogP contribution >= 0.6 is 7.82 Å². The highest BCUT2D eigenvalue weighted by molar-refractivity contribution is 7.47. The minimum atomic E-state index is -4.38. The number of hydrogen-bond donors (Lipinski definition) is 1. The monoisotopic (exact) mass is 809 g/mol. The van der Waals surface area contributed by atoms with Crippen LogP contribution in [0.5, 0.6) is 0 Å². The third-order valence-electron chi connectivity index (χ3n) is 9.02. The highest BCUT2D eigenvalue weighted by Crippen LogP contribution is 2.43. The number of nitrogens with zero attached hydrogens (tertiary/aromatic N) is 1. The largest absolute Gasteiger partial charge is 0.472 e. The molecule has 0 aromatic heterocycles. The van der Waals surface area contributed by atoms with Crippen LogP contribution in [0.2, 0.25) is 0 Å². The fraction of sp³-hybridized carbons (Fsp3) is 0.739. The average Bonchev–Trinajstić information content (AvgIpc) is 3.15. The molecule has 9 nitrogen and oxygen atoms in total. The standard InChI is InChI=1S/C46H82NO8P/c1-6-8-10-12-14-16-18-20-21-22-23-24-25-27-28-30-32-34-36-38-45(48)52-42-44(43-54-56(50,51)53-41-40-47(3,4)5)55-46(49)39-37-35-33-31-29-26-19-17-15-13-11-9-7-2/h14,16-17,19-21,23-24,27-28,44H,6-13,15,18,22,25-26,29-43H2,1-5H3/p+1/b16-14-,19-17-,21-20-,24-23-,28-27-/t44-/m1/s1. The van der Waals surface area contributed by atoms with Crippen LogP contribution in [-0.4, -0.2) is 74.9 Å². The summed E-state index contributed by atoms with van der Waals surface area (Å²) in [5.41, 5.74) is 0. The van der Waals surface area contributed by atoms with Crippen molar-refractivity contribution in [3.8, 4) is 0 Å².